The Kier molecular flexibility index (Phi) is 5.92. The molecule has 0 radical (unpaired) electrons. The van der Waals surface area contributed by atoms with Crippen LogP contribution >= 0.6 is 0 Å². The molecule has 37 heavy (non-hydrogen) atoms. The molecule has 1 saturated carbocycles. The van der Waals surface area contributed by atoms with Crippen LogP contribution in [0.15, 0.2) is 42.5 Å². The summed E-state index contributed by atoms with van der Waals surface area (Å²) in [6.07, 6.45) is 4.31. The van der Waals surface area contributed by atoms with Gasteiger partial charge in [-0.3, -0.25) is 19.3 Å². The highest BCUT2D eigenvalue weighted by molar-refractivity contribution is 6.23. The van der Waals surface area contributed by atoms with Gasteiger partial charge in [0, 0.05) is 31.0 Å². The molecule has 2 unspecified atom stereocenters. The van der Waals surface area contributed by atoms with Crippen LogP contribution in [0.4, 0.5) is 0 Å². The van der Waals surface area contributed by atoms with Crippen LogP contribution in [0, 0.1) is 0 Å². The maximum Gasteiger partial charge on any atom is 0.262 e. The second-order valence-corrected chi connectivity index (χ2v) is 10.0. The van der Waals surface area contributed by atoms with Crippen LogP contribution in [-0.4, -0.2) is 72.3 Å². The Bertz CT molecular complexity index is 1220. The molecule has 1 spiro atoms. The monoisotopic (exact) mass is 506 g/mol. The van der Waals surface area contributed by atoms with Gasteiger partial charge in [-0.2, -0.15) is 0 Å². The number of benzene rings is 2. The second-order valence-electron chi connectivity index (χ2n) is 10.0. The Hall–Kier alpha value is -3.43. The van der Waals surface area contributed by atoms with Crippen LogP contribution in [0.25, 0.3) is 0 Å². The van der Waals surface area contributed by atoms with Gasteiger partial charge in [-0.05, 0) is 37.1 Å². The van der Waals surface area contributed by atoms with Crippen LogP contribution < -0.4 is 9.47 Å². The Morgan fingerprint density at radius 3 is 2.30 bits per heavy atom. The summed E-state index contributed by atoms with van der Waals surface area (Å²) in [5, 5.41) is 0. The van der Waals surface area contributed by atoms with E-state index >= 15 is 0 Å². The van der Waals surface area contributed by atoms with E-state index in [2.05, 4.69) is 0 Å². The van der Waals surface area contributed by atoms with E-state index in [1.54, 1.807) is 49.5 Å². The van der Waals surface area contributed by atoms with Crippen molar-refractivity contribution in [3.05, 3.63) is 59.2 Å². The van der Waals surface area contributed by atoms with Gasteiger partial charge in [0.15, 0.2) is 5.79 Å². The second kappa shape index (κ2) is 9.15. The normalized spacial score (nSPS) is 26.4. The van der Waals surface area contributed by atoms with Crippen LogP contribution in [-0.2, 0) is 20.8 Å². The van der Waals surface area contributed by atoms with Crippen LogP contribution in [0.1, 0.15) is 58.4 Å². The van der Waals surface area contributed by atoms with Crippen molar-refractivity contribution in [1.29, 1.82) is 0 Å². The van der Waals surface area contributed by atoms with Gasteiger partial charge in [-0.15, -0.1) is 0 Å². The Morgan fingerprint density at radius 1 is 0.946 bits per heavy atom. The molecule has 2 saturated heterocycles. The van der Waals surface area contributed by atoms with Gasteiger partial charge in [0.1, 0.15) is 23.6 Å². The number of likely N-dealkylation sites (tertiary alicyclic amines) is 1. The molecule has 3 amide bonds. The highest BCUT2D eigenvalue weighted by Crippen LogP contribution is 2.44. The first-order valence-electron chi connectivity index (χ1n) is 12.8. The molecule has 6 rings (SSSR count). The zero-order chi connectivity index (χ0) is 25.7. The summed E-state index contributed by atoms with van der Waals surface area (Å²) in [5.41, 5.74) is 1.43. The number of hydrogen-bond donors (Lipinski definition) is 0. The number of rotatable bonds is 6. The lowest BCUT2D eigenvalue weighted by Crippen LogP contribution is -2.74. The van der Waals surface area contributed by atoms with E-state index in [4.69, 9.17) is 18.9 Å². The van der Waals surface area contributed by atoms with E-state index in [9.17, 15) is 14.4 Å². The maximum absolute atomic E-state index is 13.7. The maximum atomic E-state index is 13.7. The van der Waals surface area contributed by atoms with Crippen LogP contribution in [0.3, 0.4) is 0 Å². The number of carbonyl (C=O) groups is 3. The van der Waals surface area contributed by atoms with Crippen molar-refractivity contribution < 1.29 is 33.3 Å². The number of amides is 3. The largest absolute Gasteiger partial charge is 0.497 e. The Balaban J connectivity index is 1.32. The molecule has 4 aliphatic rings. The number of carbonyl (C=O) groups excluding carboxylic acids is 3. The summed E-state index contributed by atoms with van der Waals surface area (Å²) in [7, 11) is 3.14. The van der Waals surface area contributed by atoms with E-state index in [0.29, 0.717) is 29.2 Å². The minimum atomic E-state index is -0.955. The van der Waals surface area contributed by atoms with Gasteiger partial charge in [-0.25, -0.2) is 0 Å². The first kappa shape index (κ1) is 23.9. The quantitative estimate of drug-likeness (QED) is 0.439. The van der Waals surface area contributed by atoms with E-state index < -0.39 is 35.8 Å². The molecule has 3 heterocycles. The molecule has 3 aliphatic heterocycles. The third kappa shape index (κ3) is 3.79. The number of nitrogens with zero attached hydrogens (tertiary/aromatic N) is 2. The summed E-state index contributed by atoms with van der Waals surface area (Å²) in [4.78, 5) is 43.1. The Labute approximate surface area is 215 Å². The van der Waals surface area contributed by atoms with Gasteiger partial charge in [0.25, 0.3) is 11.8 Å². The van der Waals surface area contributed by atoms with Crippen molar-refractivity contribution in [2.24, 2.45) is 0 Å². The molecule has 1 aliphatic carbocycles. The van der Waals surface area contributed by atoms with Gasteiger partial charge >= 0.3 is 0 Å². The number of β-lactam (4-membered cyclic amide) rings is 1. The summed E-state index contributed by atoms with van der Waals surface area (Å²) in [6.45, 7) is 0.539. The van der Waals surface area contributed by atoms with Crippen molar-refractivity contribution in [1.82, 2.24) is 9.80 Å². The minimum Gasteiger partial charge on any atom is -0.497 e. The fraction of sp³-hybridized carbons (Fsp3) is 0.464. The lowest BCUT2D eigenvalue weighted by atomic mass is 9.87. The standard InChI is InChI=1S/C28H30N2O7/c1-34-18-11-10-17(21(14-18)35-2)15-29-23(22-16-36-28(37-22)12-6-3-7-13-28)24(27(29)33)30-25(31)19-8-4-5-9-20(19)26(30)32/h4-5,8-11,14,22-24H,3,6-7,12-13,15-16H2,1-2H3/t22?,23?,24-/m1/s1. The summed E-state index contributed by atoms with van der Waals surface area (Å²) < 4.78 is 23.6. The van der Waals surface area contributed by atoms with Crippen molar-refractivity contribution >= 4 is 17.7 Å². The molecule has 0 bridgehead atoms. The minimum absolute atomic E-state index is 0.239. The smallest absolute Gasteiger partial charge is 0.262 e. The third-order valence-corrected chi connectivity index (χ3v) is 8.03. The summed E-state index contributed by atoms with van der Waals surface area (Å²) in [5.74, 6) is -0.623. The molecule has 3 fully saturated rings. The van der Waals surface area contributed by atoms with Crippen LogP contribution in [0.5, 0.6) is 11.5 Å². The predicted octanol–water partition coefficient (Wildman–Crippen LogP) is 3.16. The zero-order valence-corrected chi connectivity index (χ0v) is 21.0. The van der Waals surface area contributed by atoms with E-state index in [-0.39, 0.29) is 12.5 Å². The number of ether oxygens (including phenoxy) is 4. The Morgan fingerprint density at radius 2 is 1.65 bits per heavy atom. The zero-order valence-electron chi connectivity index (χ0n) is 21.0. The molecule has 9 nitrogen and oxygen atoms in total. The van der Waals surface area contributed by atoms with Crippen molar-refractivity contribution in [3.8, 4) is 11.5 Å². The van der Waals surface area contributed by atoms with E-state index in [1.807, 2.05) is 12.1 Å². The predicted molar refractivity (Wildman–Crippen MR) is 131 cm³/mol. The van der Waals surface area contributed by atoms with Gasteiger partial charge in [0.05, 0.1) is 38.0 Å². The number of imide groups is 1. The first-order valence-corrected chi connectivity index (χ1v) is 12.8. The third-order valence-electron chi connectivity index (χ3n) is 8.03. The molecule has 2 aromatic carbocycles. The average Bonchev–Trinajstić information content (AvgIpc) is 3.43. The van der Waals surface area contributed by atoms with Crippen molar-refractivity contribution in [2.75, 3.05) is 20.8 Å². The highest BCUT2D eigenvalue weighted by Gasteiger charge is 2.61. The average molecular weight is 507 g/mol. The molecular formula is C28H30N2O7. The van der Waals surface area contributed by atoms with E-state index in [1.165, 1.54) is 0 Å². The molecular weight excluding hydrogens is 476 g/mol. The van der Waals surface area contributed by atoms with Crippen molar-refractivity contribution in [2.45, 2.75) is 62.6 Å². The lowest BCUT2D eigenvalue weighted by molar-refractivity contribution is -0.203. The number of hydrogen-bond acceptors (Lipinski definition) is 7. The number of methoxy groups -OCH3 is 2. The molecule has 2 aromatic rings. The molecule has 194 valence electrons. The van der Waals surface area contributed by atoms with E-state index in [0.717, 1.165) is 42.6 Å². The topological polar surface area (TPSA) is 94.6 Å². The van der Waals surface area contributed by atoms with Gasteiger partial charge in [0.2, 0.25) is 5.91 Å². The molecule has 3 atom stereocenters. The fourth-order valence-electron chi connectivity index (χ4n) is 6.13. The number of fused-ring (bicyclic) bond motifs is 1. The molecule has 0 aromatic heterocycles. The fourth-order valence-corrected chi connectivity index (χ4v) is 6.13. The molecule has 9 heteroatoms. The van der Waals surface area contributed by atoms with Crippen molar-refractivity contribution in [3.63, 3.8) is 0 Å². The first-order chi connectivity index (χ1) is 18.0. The summed E-state index contributed by atoms with van der Waals surface area (Å²) in [6, 6.07) is 10.6. The molecule has 0 N–H and O–H groups in total. The lowest BCUT2D eigenvalue weighted by Gasteiger charge is -2.51. The van der Waals surface area contributed by atoms with Gasteiger partial charge in [-0.1, -0.05) is 18.6 Å². The summed E-state index contributed by atoms with van der Waals surface area (Å²) >= 11 is 0. The highest BCUT2D eigenvalue weighted by atomic mass is 16.7. The SMILES string of the molecule is COc1ccc(CN2C(=O)[C@H](N3C(=O)c4ccccc4C3=O)C2C2COC3(CCCCC3)O2)c(OC)c1. The van der Waals surface area contributed by atoms with Gasteiger partial charge < -0.3 is 23.8 Å². The van der Waals surface area contributed by atoms with Crippen LogP contribution in [0.2, 0.25) is 0 Å².